The minimum atomic E-state index is -2.55. The van der Waals surface area contributed by atoms with Crippen molar-refractivity contribution in [3.8, 4) is 0 Å². The van der Waals surface area contributed by atoms with Crippen LogP contribution in [0, 0.1) is 35.5 Å². The van der Waals surface area contributed by atoms with Crippen molar-refractivity contribution in [2.24, 2.45) is 35.5 Å². The van der Waals surface area contributed by atoms with E-state index in [1.165, 1.54) is 0 Å². The summed E-state index contributed by atoms with van der Waals surface area (Å²) < 4.78 is 67.1. The van der Waals surface area contributed by atoms with Gasteiger partial charge in [0.1, 0.15) is 43.4 Å². The van der Waals surface area contributed by atoms with Crippen LogP contribution in [0.1, 0.15) is 128 Å². The molecule has 0 radical (unpaired) electrons. The van der Waals surface area contributed by atoms with Gasteiger partial charge in [0.2, 0.25) is 0 Å². The van der Waals surface area contributed by atoms with Gasteiger partial charge in [-0.15, -0.1) is 0 Å². The number of ketones is 1. The maximum absolute atomic E-state index is 13.7. The minimum Gasteiger partial charge on any atom is -0.481 e. The number of Topliss-reactive ketones (excluding diaryl/α,β-unsaturated/α-hetero) is 1. The molecule has 2 saturated heterocycles. The highest BCUT2D eigenvalue weighted by atomic mass is 28.4. The summed E-state index contributed by atoms with van der Waals surface area (Å²) in [5, 5.41) is 100. The molecule has 2 aliphatic heterocycles. The summed E-state index contributed by atoms with van der Waals surface area (Å²) in [5.41, 5.74) is 0. The van der Waals surface area contributed by atoms with Gasteiger partial charge in [-0.3, -0.25) is 57.5 Å². The summed E-state index contributed by atoms with van der Waals surface area (Å²) in [6, 6.07) is 3.70. The average Bonchev–Trinajstić information content (AvgIpc) is 1.74. The van der Waals surface area contributed by atoms with Crippen LogP contribution in [-0.2, 0) is 113 Å². The SMILES string of the molecule is C[Si](C)(CCCC(CC(=O)CCC(O)COCC(O)COCC(COC(=O)CC(CCC[Si](C)(C)O[Si](C)(C)CCCC1CC(=O)OC1=O)C(=O)O)OC(=O)CC(CCC[Si](C)(C)O[Si](C)(C)CCCC(CC(=O)OCC(O)COCC(O)COCC(O)CO)C(=O)O)C(=O)O)C(=O)O)O[Si](C)(C)CCCC1CC(=O)OC1=O. The van der Waals surface area contributed by atoms with Crippen molar-refractivity contribution in [2.45, 2.75) is 280 Å². The standard InChI is InChI=1S/C73H132O34Si6/c1-108(2,106-112(9,10)31-17-23-54-37-66(84)103-72(54)94)27-13-19-50(68(86)87)33-56(75)25-26-57(76)40-96-42-60(79)45-99-48-62(49-101-64(82)35-52(70(90)91)21-15-29-110(5,6)107-113(11,12)32-18-24-55-38-67(85)104-73(55)95)102-65(83)36-53(71(92)93)22-16-30-111(7,8)105-109(3,4)28-14-20-51(69(88)89)34-63(81)100-47-61(80)46-98-44-59(78)43-97-41-58(77)39-74/h50-55,57-62,74,76-80H,13-49H2,1-12H3,(H,86,87)(H,88,89)(H,90,91)(H,92,93). The lowest BCUT2D eigenvalue weighted by Crippen LogP contribution is -2.44. The molecule has 2 fully saturated rings. The van der Waals surface area contributed by atoms with E-state index in [0.29, 0.717) is 75.5 Å². The van der Waals surface area contributed by atoms with E-state index in [1.807, 2.05) is 39.3 Å². The number of ether oxygens (including phenoxy) is 9. The fraction of sp³-hybridized carbons (Fsp3) is 0.836. The predicted molar refractivity (Wildman–Crippen MR) is 420 cm³/mol. The van der Waals surface area contributed by atoms with E-state index in [2.05, 4.69) is 48.8 Å². The van der Waals surface area contributed by atoms with Gasteiger partial charge >= 0.3 is 65.7 Å². The quantitative estimate of drug-likeness (QED) is 0.0131. The van der Waals surface area contributed by atoms with Crippen LogP contribution in [0.25, 0.3) is 0 Å². The Morgan fingerprint density at radius 2 is 0.664 bits per heavy atom. The van der Waals surface area contributed by atoms with Crippen molar-refractivity contribution >= 4 is 121 Å². The zero-order chi connectivity index (χ0) is 85.5. The summed E-state index contributed by atoms with van der Waals surface area (Å²) in [6.45, 7) is 19.9. The Bertz CT molecular complexity index is 2990. The number of carboxylic acids is 4. The number of aliphatic hydroxyl groups excluding tert-OH is 6. The molecular weight excluding hydrogens is 1590 g/mol. The van der Waals surface area contributed by atoms with Gasteiger partial charge in [0.05, 0.1) is 133 Å². The first-order valence-corrected chi connectivity index (χ1v) is 58.0. The molecule has 0 aromatic rings. The number of carboxylic acid groups (broad SMARTS) is 4. The lowest BCUT2D eigenvalue weighted by Gasteiger charge is -2.34. The van der Waals surface area contributed by atoms with Gasteiger partial charge in [0.25, 0.3) is 0 Å². The Balaban J connectivity index is 2.02. The first kappa shape index (κ1) is 104. The molecule has 0 aromatic heterocycles. The topological polar surface area (TPSA) is 518 Å². The van der Waals surface area contributed by atoms with Crippen molar-refractivity contribution in [3.63, 3.8) is 0 Å². The summed E-state index contributed by atoms with van der Waals surface area (Å²) in [7, 11) is -14.1. The normalized spacial score (nSPS) is 17.9. The van der Waals surface area contributed by atoms with Gasteiger partial charge in [-0.2, -0.15) is 0 Å². The molecule has 12 unspecified atom stereocenters. The first-order chi connectivity index (χ1) is 52.5. The van der Waals surface area contributed by atoms with Gasteiger partial charge in [0.15, 0.2) is 56.0 Å². The number of rotatable bonds is 67. The molecule has 2 rings (SSSR count). The molecular formula is C73H132O34Si6. The number of aliphatic carboxylic acids is 4. The molecule has 652 valence electrons. The van der Waals surface area contributed by atoms with Crippen molar-refractivity contribution in [3.05, 3.63) is 0 Å². The van der Waals surface area contributed by atoms with Crippen molar-refractivity contribution < 1.29 is 164 Å². The molecule has 113 heavy (non-hydrogen) atoms. The van der Waals surface area contributed by atoms with Crippen molar-refractivity contribution in [1.29, 1.82) is 0 Å². The number of hydrogen-bond donors (Lipinski definition) is 10. The molecule has 10 N–H and O–H groups in total. The second-order valence-electron chi connectivity index (χ2n) is 33.7. The molecule has 0 saturated carbocycles. The fourth-order valence-electron chi connectivity index (χ4n) is 13.7. The highest BCUT2D eigenvalue weighted by molar-refractivity contribution is 6.86. The Morgan fingerprint density at radius 1 is 0.372 bits per heavy atom. The Hall–Kier alpha value is -4.98. The van der Waals surface area contributed by atoms with E-state index in [9.17, 15) is 103 Å². The summed E-state index contributed by atoms with van der Waals surface area (Å²) in [4.78, 5) is 149. The third kappa shape index (κ3) is 48.5. The van der Waals surface area contributed by atoms with E-state index in [1.54, 1.807) is 0 Å². The van der Waals surface area contributed by atoms with Gasteiger partial charge in [0, 0.05) is 12.8 Å². The van der Waals surface area contributed by atoms with Crippen LogP contribution in [0.4, 0.5) is 0 Å². The minimum absolute atomic E-state index is 0.0193. The smallest absolute Gasteiger partial charge is 0.317 e. The third-order valence-corrected chi connectivity index (χ3v) is 41.9. The lowest BCUT2D eigenvalue weighted by atomic mass is 9.95. The molecule has 2 aliphatic rings. The van der Waals surface area contributed by atoms with Crippen LogP contribution in [0.15, 0.2) is 0 Å². The summed E-state index contributed by atoms with van der Waals surface area (Å²) in [5.74, 6) is -15.5. The molecule has 12 atom stereocenters. The predicted octanol–water partition coefficient (Wildman–Crippen LogP) is 6.70. The molecule has 2 heterocycles. The molecule has 40 heteroatoms. The van der Waals surface area contributed by atoms with Crippen molar-refractivity contribution in [2.75, 3.05) is 72.7 Å². The Morgan fingerprint density at radius 3 is 0.991 bits per heavy atom. The van der Waals surface area contributed by atoms with Crippen LogP contribution < -0.4 is 0 Å². The number of cyclic esters (lactones) is 4. The van der Waals surface area contributed by atoms with Crippen LogP contribution in [0.5, 0.6) is 0 Å². The fourth-order valence-corrected chi connectivity index (χ4v) is 40.5. The second-order valence-corrected chi connectivity index (χ2v) is 60.3. The highest BCUT2D eigenvalue weighted by Crippen LogP contribution is 2.33. The van der Waals surface area contributed by atoms with Gasteiger partial charge < -0.3 is 106 Å². The first-order valence-electron chi connectivity index (χ1n) is 39.4. The summed E-state index contributed by atoms with van der Waals surface area (Å²) >= 11 is 0. The van der Waals surface area contributed by atoms with Gasteiger partial charge in [-0.1, -0.05) is 38.5 Å². The number of esters is 7. The van der Waals surface area contributed by atoms with Crippen LogP contribution in [0.2, 0.25) is 115 Å². The number of carbonyl (C=O) groups excluding carboxylic acids is 8. The van der Waals surface area contributed by atoms with Crippen LogP contribution in [-0.4, -0.2) is 282 Å². The second kappa shape index (κ2) is 52.1. The van der Waals surface area contributed by atoms with Gasteiger partial charge in [-0.25, -0.2) is 0 Å². The van der Waals surface area contributed by atoms with E-state index >= 15 is 0 Å². The van der Waals surface area contributed by atoms with E-state index in [-0.39, 0.29) is 103 Å². The molecule has 0 bridgehead atoms. The maximum atomic E-state index is 13.7. The molecule has 0 aliphatic carbocycles. The van der Waals surface area contributed by atoms with E-state index in [4.69, 9.17) is 50.6 Å². The lowest BCUT2D eigenvalue weighted by molar-refractivity contribution is -0.167. The van der Waals surface area contributed by atoms with E-state index in [0.717, 1.165) is 12.1 Å². The van der Waals surface area contributed by atoms with E-state index < -0.39 is 240 Å². The van der Waals surface area contributed by atoms with Crippen LogP contribution in [0.3, 0.4) is 0 Å². The molecule has 0 aromatic carbocycles. The molecule has 0 amide bonds. The molecule has 34 nitrogen and oxygen atoms in total. The summed E-state index contributed by atoms with van der Waals surface area (Å²) in [6.07, 6.45) is -4.89. The maximum Gasteiger partial charge on any atom is 0.317 e. The van der Waals surface area contributed by atoms with Crippen molar-refractivity contribution in [1.82, 2.24) is 0 Å². The third-order valence-electron chi connectivity index (χ3n) is 19.3. The average molecular weight is 1720 g/mol. The highest BCUT2D eigenvalue weighted by Gasteiger charge is 2.40. The number of hydrogen-bond acceptors (Lipinski definition) is 30. The largest absolute Gasteiger partial charge is 0.481 e. The monoisotopic (exact) mass is 1720 g/mol. The number of aliphatic hydroxyl groups is 6. The van der Waals surface area contributed by atoms with Crippen LogP contribution >= 0.6 is 0 Å². The zero-order valence-corrected chi connectivity index (χ0v) is 74.4. The number of carbonyl (C=O) groups is 12. The Labute approximate surface area is 669 Å². The van der Waals surface area contributed by atoms with Gasteiger partial charge in [-0.05, 0) is 160 Å². The Kier molecular flexibility index (Phi) is 48.0. The zero-order valence-electron chi connectivity index (χ0n) is 68.4. The molecule has 0 spiro atoms.